The van der Waals surface area contributed by atoms with Gasteiger partial charge in [-0.3, -0.25) is 4.79 Å². The number of methoxy groups -OCH3 is 1. The Morgan fingerprint density at radius 3 is 2.56 bits per heavy atom. The Morgan fingerprint density at radius 1 is 1.15 bits per heavy atom. The number of Topliss-reactive ketones (excluding diaryl/α,β-unsaturated/α-hetero) is 1. The monoisotopic (exact) mass is 467 g/mol. The highest BCUT2D eigenvalue weighted by molar-refractivity contribution is 6.04. The zero-order valence-electron chi connectivity index (χ0n) is 21.1. The van der Waals surface area contributed by atoms with Crippen molar-refractivity contribution in [3.63, 3.8) is 0 Å². The second-order valence-electron chi connectivity index (χ2n) is 10.5. The molecule has 1 saturated carbocycles. The first-order chi connectivity index (χ1) is 16.2. The molecule has 0 unspecified atom stereocenters. The molecule has 3 aliphatic rings. The number of dihydropyridines is 1. The van der Waals surface area contributed by atoms with Crippen molar-refractivity contribution in [1.29, 1.82) is 0 Å². The van der Waals surface area contributed by atoms with Crippen LogP contribution < -0.4 is 14.8 Å². The van der Waals surface area contributed by atoms with Gasteiger partial charge in [0.15, 0.2) is 17.3 Å². The fourth-order valence-corrected chi connectivity index (χ4v) is 5.46. The van der Waals surface area contributed by atoms with Crippen LogP contribution >= 0.6 is 0 Å². The lowest BCUT2D eigenvalue weighted by Gasteiger charge is -2.39. The van der Waals surface area contributed by atoms with E-state index in [4.69, 9.17) is 14.2 Å². The van der Waals surface area contributed by atoms with Crippen molar-refractivity contribution in [1.82, 2.24) is 5.32 Å². The molecule has 1 aliphatic heterocycles. The molecule has 1 aromatic carbocycles. The van der Waals surface area contributed by atoms with Gasteiger partial charge < -0.3 is 19.5 Å². The van der Waals surface area contributed by atoms with Crippen molar-refractivity contribution in [3.8, 4) is 11.5 Å². The summed E-state index contributed by atoms with van der Waals surface area (Å²) in [6, 6.07) is 5.71. The molecule has 1 N–H and O–H groups in total. The Morgan fingerprint density at radius 2 is 1.88 bits per heavy atom. The molecule has 0 bridgehead atoms. The number of nitrogens with one attached hydrogen (secondary N) is 1. The van der Waals surface area contributed by atoms with Gasteiger partial charge in [0.1, 0.15) is 6.10 Å². The zero-order valence-corrected chi connectivity index (χ0v) is 21.1. The van der Waals surface area contributed by atoms with E-state index in [1.807, 2.05) is 25.1 Å². The first-order valence-corrected chi connectivity index (χ1v) is 12.5. The molecular weight excluding hydrogens is 430 g/mol. The van der Waals surface area contributed by atoms with Gasteiger partial charge in [-0.2, -0.15) is 0 Å². The Hall–Kier alpha value is -2.76. The molecule has 0 saturated heterocycles. The van der Waals surface area contributed by atoms with E-state index in [1.165, 1.54) is 0 Å². The molecule has 1 fully saturated rings. The predicted octanol–water partition coefficient (Wildman–Crippen LogP) is 5.57. The minimum atomic E-state index is -0.497. The number of ether oxygens (including phenoxy) is 3. The van der Waals surface area contributed by atoms with E-state index in [0.717, 1.165) is 55.5 Å². The Bertz CT molecular complexity index is 1030. The Kier molecular flexibility index (Phi) is 7.06. The SMILES string of the molecule is CCCOc1ccc([C@@H]2C(C(=O)OC3CCCC3)=C(C)NC3=C2C(=O)CC(C)(C)C3)cc1OC. The Labute approximate surface area is 202 Å². The topological polar surface area (TPSA) is 73.9 Å². The summed E-state index contributed by atoms with van der Waals surface area (Å²) < 4.78 is 17.4. The lowest BCUT2D eigenvalue weighted by atomic mass is 9.68. The average Bonchev–Trinajstić information content (AvgIpc) is 3.28. The molecular formula is C28H37NO5. The van der Waals surface area contributed by atoms with Crippen molar-refractivity contribution < 1.29 is 23.8 Å². The van der Waals surface area contributed by atoms with Gasteiger partial charge in [-0.25, -0.2) is 4.79 Å². The maximum absolute atomic E-state index is 13.5. The standard InChI is InChI=1S/C28H37NO5/c1-6-13-33-22-12-11-18(14-23(22)32-5)25-24(27(31)34-19-9-7-8-10-19)17(2)29-20-15-28(3,4)16-21(30)26(20)25/h11-12,14,19,25,29H,6-10,13,15-16H2,1-5H3/t25-/m1/s1. The summed E-state index contributed by atoms with van der Waals surface area (Å²) in [6.45, 7) is 8.76. The van der Waals surface area contributed by atoms with Gasteiger partial charge in [0.25, 0.3) is 0 Å². The summed E-state index contributed by atoms with van der Waals surface area (Å²) >= 11 is 0. The maximum Gasteiger partial charge on any atom is 0.337 e. The van der Waals surface area contributed by atoms with Crippen LogP contribution in [-0.4, -0.2) is 31.6 Å². The smallest absolute Gasteiger partial charge is 0.337 e. The summed E-state index contributed by atoms with van der Waals surface area (Å²) in [5.41, 5.74) is 3.55. The lowest BCUT2D eigenvalue weighted by Crippen LogP contribution is -2.39. The number of carbonyl (C=O) groups is 2. The second kappa shape index (κ2) is 9.85. The molecule has 1 aromatic rings. The van der Waals surface area contributed by atoms with E-state index in [0.29, 0.717) is 35.7 Å². The van der Waals surface area contributed by atoms with E-state index in [1.54, 1.807) is 7.11 Å². The van der Waals surface area contributed by atoms with Crippen molar-refractivity contribution in [2.75, 3.05) is 13.7 Å². The minimum absolute atomic E-state index is 0.0517. The molecule has 2 aliphatic carbocycles. The highest BCUT2D eigenvalue weighted by atomic mass is 16.5. The number of allylic oxidation sites excluding steroid dienone is 3. The predicted molar refractivity (Wildman–Crippen MR) is 131 cm³/mol. The molecule has 0 amide bonds. The molecule has 6 nitrogen and oxygen atoms in total. The van der Waals surface area contributed by atoms with E-state index in [2.05, 4.69) is 26.1 Å². The fraction of sp³-hybridized carbons (Fsp3) is 0.571. The van der Waals surface area contributed by atoms with Crippen molar-refractivity contribution in [2.45, 2.75) is 84.7 Å². The number of rotatable bonds is 7. The van der Waals surface area contributed by atoms with Crippen LogP contribution in [-0.2, 0) is 14.3 Å². The number of hydrogen-bond donors (Lipinski definition) is 1. The minimum Gasteiger partial charge on any atom is -0.493 e. The van der Waals surface area contributed by atoms with Gasteiger partial charge in [0.05, 0.1) is 19.3 Å². The van der Waals surface area contributed by atoms with Crippen LogP contribution in [0.4, 0.5) is 0 Å². The number of benzene rings is 1. The van der Waals surface area contributed by atoms with Crippen LogP contribution in [0.2, 0.25) is 0 Å². The van der Waals surface area contributed by atoms with Gasteiger partial charge in [0, 0.05) is 29.3 Å². The third-order valence-electron chi connectivity index (χ3n) is 7.02. The van der Waals surface area contributed by atoms with Crippen molar-refractivity contribution in [2.24, 2.45) is 5.41 Å². The fourth-order valence-electron chi connectivity index (χ4n) is 5.46. The van der Waals surface area contributed by atoms with Gasteiger partial charge in [-0.05, 0) is 68.6 Å². The van der Waals surface area contributed by atoms with Crippen LogP contribution in [0.15, 0.2) is 40.7 Å². The van der Waals surface area contributed by atoms with Crippen LogP contribution in [0.25, 0.3) is 0 Å². The number of hydrogen-bond acceptors (Lipinski definition) is 6. The second-order valence-corrected chi connectivity index (χ2v) is 10.5. The van der Waals surface area contributed by atoms with E-state index >= 15 is 0 Å². The summed E-state index contributed by atoms with van der Waals surface area (Å²) in [5, 5.41) is 3.41. The lowest BCUT2D eigenvalue weighted by molar-refractivity contribution is -0.144. The zero-order chi connectivity index (χ0) is 24.5. The molecule has 0 aromatic heterocycles. The largest absolute Gasteiger partial charge is 0.493 e. The van der Waals surface area contributed by atoms with Gasteiger partial charge in [0.2, 0.25) is 0 Å². The van der Waals surface area contributed by atoms with Crippen LogP contribution in [0.5, 0.6) is 11.5 Å². The first kappa shape index (κ1) is 24.4. The number of ketones is 1. The molecule has 184 valence electrons. The molecule has 1 atom stereocenters. The van der Waals surface area contributed by atoms with E-state index < -0.39 is 5.92 Å². The average molecular weight is 468 g/mol. The van der Waals surface area contributed by atoms with Crippen molar-refractivity contribution >= 4 is 11.8 Å². The van der Waals surface area contributed by atoms with Gasteiger partial charge in [-0.15, -0.1) is 0 Å². The van der Waals surface area contributed by atoms with Crippen LogP contribution in [0.3, 0.4) is 0 Å². The molecule has 1 heterocycles. The van der Waals surface area contributed by atoms with Crippen LogP contribution in [0.1, 0.15) is 84.1 Å². The first-order valence-electron chi connectivity index (χ1n) is 12.5. The normalized spacial score (nSPS) is 22.4. The van der Waals surface area contributed by atoms with Gasteiger partial charge in [-0.1, -0.05) is 26.8 Å². The highest BCUT2D eigenvalue weighted by Gasteiger charge is 2.43. The third kappa shape index (κ3) is 4.86. The summed E-state index contributed by atoms with van der Waals surface area (Å²) in [6.07, 6.45) is 5.99. The number of carbonyl (C=O) groups excluding carboxylic acids is 2. The summed E-state index contributed by atoms with van der Waals surface area (Å²) in [5.74, 6) is 0.492. The molecule has 34 heavy (non-hydrogen) atoms. The van der Waals surface area contributed by atoms with Gasteiger partial charge >= 0.3 is 5.97 Å². The summed E-state index contributed by atoms with van der Waals surface area (Å²) in [4.78, 5) is 27.0. The molecule has 0 spiro atoms. The van der Waals surface area contributed by atoms with E-state index in [9.17, 15) is 9.59 Å². The van der Waals surface area contributed by atoms with Crippen molar-refractivity contribution in [3.05, 3.63) is 46.3 Å². The van der Waals surface area contributed by atoms with Crippen LogP contribution in [0, 0.1) is 5.41 Å². The summed E-state index contributed by atoms with van der Waals surface area (Å²) in [7, 11) is 1.61. The molecule has 0 radical (unpaired) electrons. The quantitative estimate of drug-likeness (QED) is 0.528. The Balaban J connectivity index is 1.79. The number of esters is 1. The third-order valence-corrected chi connectivity index (χ3v) is 7.02. The molecule has 4 rings (SSSR count). The highest BCUT2D eigenvalue weighted by Crippen LogP contribution is 2.48. The maximum atomic E-state index is 13.5. The molecule has 6 heteroatoms. The van der Waals surface area contributed by atoms with E-state index in [-0.39, 0.29) is 23.3 Å².